The summed E-state index contributed by atoms with van der Waals surface area (Å²) in [6, 6.07) is 0. The molecule has 6 nitrogen and oxygen atoms in total. The lowest BCUT2D eigenvalue weighted by Gasteiger charge is -1.93. The molecule has 84 valence electrons. The molecule has 3 N–H and O–H groups in total. The molecule has 0 radical (unpaired) electrons. The van der Waals surface area contributed by atoms with Crippen LogP contribution in [0.5, 0.6) is 0 Å². The van der Waals surface area contributed by atoms with Gasteiger partial charge in [-0.1, -0.05) is 0 Å². The summed E-state index contributed by atoms with van der Waals surface area (Å²) in [4.78, 5) is 24.8. The van der Waals surface area contributed by atoms with Crippen molar-refractivity contribution in [3.8, 4) is 0 Å². The second-order valence-corrected chi connectivity index (χ2v) is 2.07. The summed E-state index contributed by atoms with van der Waals surface area (Å²) in [5.74, 6) is -3.74. The Morgan fingerprint density at radius 1 is 1.33 bits per heavy atom. The van der Waals surface area contributed by atoms with Crippen LogP contribution in [0.25, 0.3) is 0 Å². The van der Waals surface area contributed by atoms with Crippen molar-refractivity contribution in [2.45, 2.75) is 6.18 Å². The summed E-state index contributed by atoms with van der Waals surface area (Å²) in [6.45, 7) is 0. The van der Waals surface area contributed by atoms with Gasteiger partial charge in [0.15, 0.2) is 0 Å². The number of aliphatic carboxylic acids is 1. The highest BCUT2D eigenvalue weighted by Crippen LogP contribution is 2.13. The number of alkyl halides is 3. The summed E-state index contributed by atoms with van der Waals surface area (Å²) < 4.78 is 31.7. The van der Waals surface area contributed by atoms with E-state index in [9.17, 15) is 18.0 Å². The Hall–Kier alpha value is -2.06. The Kier molecular flexibility index (Phi) is 4.30. The van der Waals surface area contributed by atoms with Crippen molar-refractivity contribution in [3.63, 3.8) is 0 Å². The molecule has 0 aromatic carbocycles. The summed E-state index contributed by atoms with van der Waals surface area (Å²) >= 11 is 0. The topological polar surface area (TPSA) is 103 Å². The standard InChI is InChI=1S/C4H4N2O2.C2HF3O2/c7-4(8)3-1-5-2-6-3;3-2(4,5)1(6)7/h1-2H,(H,5,6)(H,7,8);(H,6,7). The number of aromatic nitrogens is 2. The SMILES string of the molecule is O=C(O)C(F)(F)F.O=C(O)c1cnc[nH]1. The van der Waals surface area contributed by atoms with E-state index in [0.29, 0.717) is 0 Å². The second-order valence-electron chi connectivity index (χ2n) is 2.07. The fraction of sp³-hybridized carbons (Fsp3) is 0.167. The van der Waals surface area contributed by atoms with Crippen molar-refractivity contribution in [2.75, 3.05) is 0 Å². The maximum absolute atomic E-state index is 10.6. The zero-order valence-electron chi connectivity index (χ0n) is 6.95. The normalized spacial score (nSPS) is 10.1. The Bertz CT molecular complexity index is 333. The van der Waals surface area contributed by atoms with Crippen molar-refractivity contribution in [2.24, 2.45) is 0 Å². The van der Waals surface area contributed by atoms with Gasteiger partial charge in [0.05, 0.1) is 12.5 Å². The van der Waals surface area contributed by atoms with Crippen molar-refractivity contribution in [1.82, 2.24) is 9.97 Å². The number of carboxylic acids is 2. The number of aromatic amines is 1. The third-order valence-electron chi connectivity index (χ3n) is 0.971. The molecular weight excluding hydrogens is 221 g/mol. The Balaban J connectivity index is 0.000000265. The van der Waals surface area contributed by atoms with Gasteiger partial charge in [0.25, 0.3) is 0 Å². The van der Waals surface area contributed by atoms with Gasteiger partial charge in [0.2, 0.25) is 0 Å². The fourth-order valence-corrected chi connectivity index (χ4v) is 0.373. The first-order valence-corrected chi connectivity index (χ1v) is 3.27. The first-order chi connectivity index (χ1) is 6.75. The minimum absolute atomic E-state index is 0.116. The Morgan fingerprint density at radius 2 is 1.80 bits per heavy atom. The molecule has 0 saturated heterocycles. The number of hydrogen-bond donors (Lipinski definition) is 3. The van der Waals surface area contributed by atoms with Gasteiger partial charge >= 0.3 is 18.1 Å². The molecule has 0 fully saturated rings. The third kappa shape index (κ3) is 5.29. The van der Waals surface area contributed by atoms with Crippen molar-refractivity contribution >= 4 is 11.9 Å². The summed E-state index contributed by atoms with van der Waals surface area (Å²) in [5.41, 5.74) is 0.116. The van der Waals surface area contributed by atoms with Gasteiger partial charge in [-0.25, -0.2) is 14.6 Å². The number of carbonyl (C=O) groups is 2. The summed E-state index contributed by atoms with van der Waals surface area (Å²) in [5, 5.41) is 15.3. The minimum Gasteiger partial charge on any atom is -0.477 e. The highest BCUT2D eigenvalue weighted by molar-refractivity contribution is 5.84. The smallest absolute Gasteiger partial charge is 0.477 e. The lowest BCUT2D eigenvalue weighted by atomic mass is 10.5. The van der Waals surface area contributed by atoms with Gasteiger partial charge in [-0.2, -0.15) is 13.2 Å². The van der Waals surface area contributed by atoms with E-state index in [2.05, 4.69) is 9.97 Å². The number of carboxylic acid groups (broad SMARTS) is 2. The second kappa shape index (κ2) is 4.98. The Labute approximate surface area is 80.4 Å². The monoisotopic (exact) mass is 226 g/mol. The molecule has 0 bridgehead atoms. The number of rotatable bonds is 1. The van der Waals surface area contributed by atoms with Gasteiger partial charge in [-0.3, -0.25) is 0 Å². The largest absolute Gasteiger partial charge is 0.490 e. The molecule has 15 heavy (non-hydrogen) atoms. The zero-order chi connectivity index (χ0) is 12.1. The van der Waals surface area contributed by atoms with Gasteiger partial charge in [0, 0.05) is 0 Å². The molecule has 1 aromatic rings. The lowest BCUT2D eigenvalue weighted by Crippen LogP contribution is -2.21. The number of imidazole rings is 1. The predicted molar refractivity (Wildman–Crippen MR) is 39.2 cm³/mol. The molecule has 0 saturated carbocycles. The Morgan fingerprint density at radius 3 is 1.93 bits per heavy atom. The highest BCUT2D eigenvalue weighted by atomic mass is 19.4. The fourth-order valence-electron chi connectivity index (χ4n) is 0.373. The summed E-state index contributed by atoms with van der Waals surface area (Å²) in [7, 11) is 0. The maximum Gasteiger partial charge on any atom is 0.490 e. The average molecular weight is 226 g/mol. The lowest BCUT2D eigenvalue weighted by molar-refractivity contribution is -0.192. The first-order valence-electron chi connectivity index (χ1n) is 3.27. The molecule has 0 unspecified atom stereocenters. The van der Waals surface area contributed by atoms with Crippen LogP contribution in [-0.4, -0.2) is 38.3 Å². The van der Waals surface area contributed by atoms with Gasteiger partial charge in [0.1, 0.15) is 5.69 Å². The van der Waals surface area contributed by atoms with Gasteiger partial charge in [-0.15, -0.1) is 0 Å². The molecule has 1 heterocycles. The van der Waals surface area contributed by atoms with Crippen LogP contribution in [0.4, 0.5) is 13.2 Å². The average Bonchev–Trinajstić information content (AvgIpc) is 2.54. The zero-order valence-corrected chi connectivity index (χ0v) is 6.95. The molecule has 0 aliphatic rings. The quantitative estimate of drug-likeness (QED) is 0.655. The van der Waals surface area contributed by atoms with Crippen LogP contribution in [0.3, 0.4) is 0 Å². The van der Waals surface area contributed by atoms with Crippen LogP contribution in [-0.2, 0) is 4.79 Å². The predicted octanol–water partition coefficient (Wildman–Crippen LogP) is 0.741. The third-order valence-corrected chi connectivity index (χ3v) is 0.971. The highest BCUT2D eigenvalue weighted by Gasteiger charge is 2.38. The van der Waals surface area contributed by atoms with Crippen molar-refractivity contribution in [1.29, 1.82) is 0 Å². The van der Waals surface area contributed by atoms with E-state index in [1.165, 1.54) is 12.5 Å². The van der Waals surface area contributed by atoms with Gasteiger partial charge in [-0.05, 0) is 0 Å². The van der Waals surface area contributed by atoms with E-state index < -0.39 is 18.1 Å². The number of nitrogens with one attached hydrogen (secondary N) is 1. The van der Waals surface area contributed by atoms with Crippen molar-refractivity contribution < 1.29 is 33.0 Å². The maximum atomic E-state index is 10.6. The first kappa shape index (κ1) is 12.9. The molecule has 1 rings (SSSR count). The number of aromatic carboxylic acids is 1. The van der Waals surface area contributed by atoms with E-state index >= 15 is 0 Å². The molecule has 9 heteroatoms. The molecule has 1 aromatic heterocycles. The van der Waals surface area contributed by atoms with E-state index in [-0.39, 0.29) is 5.69 Å². The molecule has 0 amide bonds. The molecule has 0 spiro atoms. The molecular formula is C6H5F3N2O4. The van der Waals surface area contributed by atoms with E-state index in [0.717, 1.165) is 0 Å². The van der Waals surface area contributed by atoms with E-state index in [4.69, 9.17) is 15.0 Å². The van der Waals surface area contributed by atoms with E-state index in [1.807, 2.05) is 0 Å². The molecule has 0 atom stereocenters. The molecule has 0 aliphatic carbocycles. The van der Waals surface area contributed by atoms with Crippen LogP contribution in [0, 0.1) is 0 Å². The van der Waals surface area contributed by atoms with Crippen LogP contribution in [0.1, 0.15) is 10.5 Å². The van der Waals surface area contributed by atoms with Crippen LogP contribution < -0.4 is 0 Å². The van der Waals surface area contributed by atoms with E-state index in [1.54, 1.807) is 0 Å². The molecule has 0 aliphatic heterocycles. The summed E-state index contributed by atoms with van der Waals surface area (Å²) in [6.07, 6.45) is -2.51. The van der Waals surface area contributed by atoms with Crippen molar-refractivity contribution in [3.05, 3.63) is 18.2 Å². The van der Waals surface area contributed by atoms with Gasteiger partial charge < -0.3 is 15.2 Å². The number of H-pyrrole nitrogens is 1. The number of halogens is 3. The van der Waals surface area contributed by atoms with Crippen LogP contribution >= 0.6 is 0 Å². The minimum atomic E-state index is -5.08. The van der Waals surface area contributed by atoms with Crippen LogP contribution in [0.2, 0.25) is 0 Å². The number of hydrogen-bond acceptors (Lipinski definition) is 3. The van der Waals surface area contributed by atoms with Crippen LogP contribution in [0.15, 0.2) is 12.5 Å². The number of nitrogens with zero attached hydrogens (tertiary/aromatic N) is 1.